The zero-order valence-electron chi connectivity index (χ0n) is 18.4. The quantitative estimate of drug-likeness (QED) is 0.353. The fourth-order valence-corrected chi connectivity index (χ4v) is 5.14. The van der Waals surface area contributed by atoms with Gasteiger partial charge in [0.15, 0.2) is 0 Å². The molecule has 0 atom stereocenters. The third kappa shape index (κ3) is 4.21. The van der Waals surface area contributed by atoms with Crippen molar-refractivity contribution < 1.29 is 13.2 Å². The first-order chi connectivity index (χ1) is 16.4. The molecule has 1 saturated heterocycles. The van der Waals surface area contributed by atoms with Crippen LogP contribution in [-0.4, -0.2) is 37.6 Å². The number of aromatic amines is 1. The molecule has 8 nitrogen and oxygen atoms in total. The highest BCUT2D eigenvalue weighted by atomic mass is 32.2. The first-order valence-electron chi connectivity index (χ1n) is 11.1. The van der Waals surface area contributed by atoms with Gasteiger partial charge in [0.05, 0.1) is 21.6 Å². The van der Waals surface area contributed by atoms with Crippen LogP contribution in [-0.2, 0) is 15.6 Å². The summed E-state index contributed by atoms with van der Waals surface area (Å²) in [5, 5.41) is 20.0. The van der Waals surface area contributed by atoms with Crippen LogP contribution >= 0.6 is 0 Å². The van der Waals surface area contributed by atoms with E-state index in [-0.39, 0.29) is 10.8 Å². The fraction of sp³-hybridized carbons (Fsp3) is 0.200. The van der Waals surface area contributed by atoms with E-state index in [9.17, 15) is 13.2 Å². The van der Waals surface area contributed by atoms with Gasteiger partial charge < -0.3 is 10.6 Å². The number of carbonyl (C=O) groups is 1. The molecule has 5 N–H and O–H groups in total. The highest BCUT2D eigenvalue weighted by molar-refractivity contribution is 7.89. The Labute approximate surface area is 197 Å². The minimum Gasteiger partial charge on any atom is -0.342 e. The van der Waals surface area contributed by atoms with Crippen molar-refractivity contribution in [3.05, 3.63) is 83.9 Å². The lowest BCUT2D eigenvalue weighted by molar-refractivity contribution is 0.0872. The van der Waals surface area contributed by atoms with Gasteiger partial charge in [0, 0.05) is 16.5 Å². The van der Waals surface area contributed by atoms with Crippen molar-refractivity contribution in [1.29, 1.82) is 0 Å². The van der Waals surface area contributed by atoms with Gasteiger partial charge in [-0.1, -0.05) is 42.5 Å². The lowest BCUT2D eigenvalue weighted by Crippen LogP contribution is -2.52. The number of hydrogen-bond acceptors (Lipinski definition) is 5. The molecule has 5 rings (SSSR count). The number of H-pyrrole nitrogens is 1. The number of carbonyl (C=O) groups excluding carboxylic acids is 1. The standard InChI is InChI=1S/C25H25N5O3S/c26-34(32,33)20-8-4-5-17(15-20)23-21-16-18(9-10-22(21)29-30-23)24(31)28-25(11-13-27-14-12-25)19-6-2-1-3-7-19/h1-10,15-16,27H,11-14H2,(H,28,31)(H,29,30)(H2,26,32,33). The molecule has 2 heterocycles. The van der Waals surface area contributed by atoms with Crippen molar-refractivity contribution in [3.8, 4) is 11.3 Å². The van der Waals surface area contributed by atoms with Crippen molar-refractivity contribution in [2.45, 2.75) is 23.3 Å². The van der Waals surface area contributed by atoms with Crippen LogP contribution < -0.4 is 15.8 Å². The minimum absolute atomic E-state index is 0.00533. The average Bonchev–Trinajstić information content (AvgIpc) is 3.28. The number of nitrogens with zero attached hydrogens (tertiary/aromatic N) is 1. The Bertz CT molecular complexity index is 1460. The molecule has 0 saturated carbocycles. The van der Waals surface area contributed by atoms with Crippen LogP contribution in [0.3, 0.4) is 0 Å². The van der Waals surface area contributed by atoms with Crippen LogP contribution in [0.25, 0.3) is 22.2 Å². The fourth-order valence-electron chi connectivity index (χ4n) is 4.58. The molecule has 0 aliphatic carbocycles. The number of nitrogens with two attached hydrogens (primary N) is 1. The van der Waals surface area contributed by atoms with Gasteiger partial charge in [-0.3, -0.25) is 9.89 Å². The summed E-state index contributed by atoms with van der Waals surface area (Å²) in [5.74, 6) is -0.168. The maximum absolute atomic E-state index is 13.4. The molecule has 1 aliphatic heterocycles. The zero-order chi connectivity index (χ0) is 23.8. The normalized spacial score (nSPS) is 15.8. The van der Waals surface area contributed by atoms with Crippen molar-refractivity contribution >= 4 is 26.8 Å². The zero-order valence-corrected chi connectivity index (χ0v) is 19.2. The van der Waals surface area contributed by atoms with E-state index < -0.39 is 15.6 Å². The summed E-state index contributed by atoms with van der Waals surface area (Å²) in [6.07, 6.45) is 1.59. The molecular formula is C25H25N5O3S. The van der Waals surface area contributed by atoms with E-state index in [0.717, 1.165) is 42.4 Å². The maximum atomic E-state index is 13.4. The molecule has 3 aromatic carbocycles. The van der Waals surface area contributed by atoms with Gasteiger partial charge in [-0.2, -0.15) is 5.10 Å². The number of benzene rings is 3. The first kappa shape index (κ1) is 22.3. The van der Waals surface area contributed by atoms with Gasteiger partial charge >= 0.3 is 0 Å². The Kier molecular flexibility index (Phi) is 5.68. The smallest absolute Gasteiger partial charge is 0.252 e. The highest BCUT2D eigenvalue weighted by Crippen LogP contribution is 2.32. The minimum atomic E-state index is -3.85. The van der Waals surface area contributed by atoms with Crippen LogP contribution in [0, 0.1) is 0 Å². The number of piperidine rings is 1. The largest absolute Gasteiger partial charge is 0.342 e. The van der Waals surface area contributed by atoms with Crippen molar-refractivity contribution in [2.24, 2.45) is 5.14 Å². The van der Waals surface area contributed by atoms with E-state index in [1.807, 2.05) is 24.3 Å². The van der Waals surface area contributed by atoms with Crippen LogP contribution in [0.2, 0.25) is 0 Å². The third-order valence-electron chi connectivity index (χ3n) is 6.40. The Morgan fingerprint density at radius 1 is 0.971 bits per heavy atom. The number of aromatic nitrogens is 2. The lowest BCUT2D eigenvalue weighted by Gasteiger charge is -2.39. The SMILES string of the molecule is NS(=O)(=O)c1cccc(-c2n[nH]c3ccc(C(=O)NC4(c5ccccc5)CCNCC4)cc23)c1. The van der Waals surface area contributed by atoms with Gasteiger partial charge in [0.1, 0.15) is 0 Å². The molecule has 0 radical (unpaired) electrons. The van der Waals surface area contributed by atoms with Gasteiger partial charge in [0.25, 0.3) is 5.91 Å². The molecular weight excluding hydrogens is 450 g/mol. The van der Waals surface area contributed by atoms with Crippen LogP contribution in [0.15, 0.2) is 77.7 Å². The summed E-state index contributed by atoms with van der Waals surface area (Å²) in [5.41, 5.74) is 3.04. The number of nitrogens with one attached hydrogen (secondary N) is 3. The molecule has 9 heteroatoms. The van der Waals surface area contributed by atoms with E-state index in [1.54, 1.807) is 24.3 Å². The van der Waals surface area contributed by atoms with E-state index >= 15 is 0 Å². The highest BCUT2D eigenvalue weighted by Gasteiger charge is 2.35. The summed E-state index contributed by atoms with van der Waals surface area (Å²) < 4.78 is 23.6. The molecule has 1 amide bonds. The number of primary sulfonamides is 1. The summed E-state index contributed by atoms with van der Waals surface area (Å²) in [7, 11) is -3.85. The lowest BCUT2D eigenvalue weighted by atomic mass is 9.81. The van der Waals surface area contributed by atoms with E-state index in [0.29, 0.717) is 16.8 Å². The van der Waals surface area contributed by atoms with Gasteiger partial charge in [-0.25, -0.2) is 13.6 Å². The number of rotatable bonds is 5. The molecule has 1 aliphatic rings. The molecule has 0 spiro atoms. The van der Waals surface area contributed by atoms with Gasteiger partial charge in [-0.05, 0) is 61.8 Å². The van der Waals surface area contributed by atoms with Crippen molar-refractivity contribution in [1.82, 2.24) is 20.8 Å². The predicted molar refractivity (Wildman–Crippen MR) is 131 cm³/mol. The Hall–Kier alpha value is -3.53. The molecule has 174 valence electrons. The number of fused-ring (bicyclic) bond motifs is 1. The van der Waals surface area contributed by atoms with Crippen LogP contribution in [0.1, 0.15) is 28.8 Å². The topological polar surface area (TPSA) is 130 Å². The second-order valence-corrected chi connectivity index (χ2v) is 10.1. The van der Waals surface area contributed by atoms with E-state index in [1.165, 1.54) is 12.1 Å². The second-order valence-electron chi connectivity index (χ2n) is 8.56. The molecule has 1 aromatic heterocycles. The third-order valence-corrected chi connectivity index (χ3v) is 7.31. The molecule has 1 fully saturated rings. The Morgan fingerprint density at radius 2 is 1.74 bits per heavy atom. The molecule has 0 bridgehead atoms. The van der Waals surface area contributed by atoms with E-state index in [2.05, 4.69) is 33.0 Å². The van der Waals surface area contributed by atoms with Crippen molar-refractivity contribution in [3.63, 3.8) is 0 Å². The van der Waals surface area contributed by atoms with Crippen LogP contribution in [0.4, 0.5) is 0 Å². The van der Waals surface area contributed by atoms with Gasteiger partial charge in [0.2, 0.25) is 10.0 Å². The van der Waals surface area contributed by atoms with Gasteiger partial charge in [-0.15, -0.1) is 0 Å². The summed E-state index contributed by atoms with van der Waals surface area (Å²) in [6, 6.07) is 21.7. The summed E-state index contributed by atoms with van der Waals surface area (Å²) in [4.78, 5) is 13.4. The molecule has 0 unspecified atom stereocenters. The van der Waals surface area contributed by atoms with Crippen molar-refractivity contribution in [2.75, 3.05) is 13.1 Å². The van der Waals surface area contributed by atoms with E-state index in [4.69, 9.17) is 5.14 Å². The number of amides is 1. The monoisotopic (exact) mass is 475 g/mol. The molecule has 34 heavy (non-hydrogen) atoms. The van der Waals surface area contributed by atoms with Crippen LogP contribution in [0.5, 0.6) is 0 Å². The first-order valence-corrected chi connectivity index (χ1v) is 12.6. The summed E-state index contributed by atoms with van der Waals surface area (Å²) in [6.45, 7) is 1.64. The summed E-state index contributed by atoms with van der Waals surface area (Å²) >= 11 is 0. The Morgan fingerprint density at radius 3 is 2.47 bits per heavy atom. The number of sulfonamides is 1. The predicted octanol–water partition coefficient (Wildman–Crippen LogP) is 2.89. The molecule has 4 aromatic rings. The maximum Gasteiger partial charge on any atom is 0.252 e. The average molecular weight is 476 g/mol. The Balaban J connectivity index is 1.51. The second kappa shape index (κ2) is 8.68. The number of hydrogen-bond donors (Lipinski definition) is 4.